The van der Waals surface area contributed by atoms with Crippen LogP contribution in [0.1, 0.15) is 25.0 Å². The molecule has 6 aromatic carbocycles. The number of aliphatic hydroxyl groups excluding tert-OH is 1. The molecule has 0 radical (unpaired) electrons. The van der Waals surface area contributed by atoms with Crippen LogP contribution in [0.25, 0.3) is 43.8 Å². The molecule has 0 unspecified atom stereocenters. The second-order valence-electron chi connectivity index (χ2n) is 11.4. The minimum absolute atomic E-state index is 0.0548. The number of ether oxygens (including phenoxy) is 2. The van der Waals surface area contributed by atoms with Crippen molar-refractivity contribution in [2.24, 2.45) is 0 Å². The van der Waals surface area contributed by atoms with Gasteiger partial charge in [0.1, 0.15) is 31.3 Å². The second-order valence-corrected chi connectivity index (χ2v) is 11.4. The lowest BCUT2D eigenvalue weighted by Gasteiger charge is -2.28. The van der Waals surface area contributed by atoms with Crippen molar-refractivity contribution in [3.8, 4) is 33.8 Å². The van der Waals surface area contributed by atoms with E-state index in [1.807, 2.05) is 36.4 Å². The normalized spacial score (nSPS) is 11.6. The fourth-order valence-electron chi connectivity index (χ4n) is 5.77. The van der Waals surface area contributed by atoms with E-state index in [1.165, 1.54) is 10.8 Å². The highest BCUT2D eigenvalue weighted by Crippen LogP contribution is 2.42. The summed E-state index contributed by atoms with van der Waals surface area (Å²) in [5, 5.41) is 23.0. The molecule has 2 N–H and O–H groups in total. The van der Waals surface area contributed by atoms with Crippen LogP contribution in [0.2, 0.25) is 0 Å². The van der Waals surface area contributed by atoms with Crippen molar-refractivity contribution in [1.82, 2.24) is 0 Å². The van der Waals surface area contributed by atoms with Crippen molar-refractivity contribution in [1.29, 1.82) is 0 Å². The van der Waals surface area contributed by atoms with Crippen molar-refractivity contribution in [3.63, 3.8) is 0 Å². The molecule has 0 saturated heterocycles. The van der Waals surface area contributed by atoms with E-state index in [2.05, 4.69) is 104 Å². The van der Waals surface area contributed by atoms with Crippen LogP contribution >= 0.6 is 0 Å². The Labute approximate surface area is 257 Å². The third kappa shape index (κ3) is 6.03. The molecule has 0 aliphatic heterocycles. The van der Waals surface area contributed by atoms with Gasteiger partial charge >= 0.3 is 0 Å². The van der Waals surface area contributed by atoms with E-state index >= 15 is 0 Å². The van der Waals surface area contributed by atoms with Crippen molar-refractivity contribution in [2.75, 3.05) is 26.4 Å². The Balaban J connectivity index is 1.44. The summed E-state index contributed by atoms with van der Waals surface area (Å²) in [6.45, 7) is 4.92. The Morgan fingerprint density at radius 1 is 0.523 bits per heavy atom. The molecule has 0 saturated carbocycles. The van der Waals surface area contributed by atoms with Gasteiger partial charge in [0.2, 0.25) is 0 Å². The average molecular weight is 585 g/mol. The Morgan fingerprint density at radius 2 is 1.00 bits per heavy atom. The van der Waals surface area contributed by atoms with Crippen LogP contribution in [0.4, 0.5) is 0 Å². The Kier molecular flexibility index (Phi) is 8.62. The van der Waals surface area contributed by atoms with Gasteiger partial charge in [0.15, 0.2) is 0 Å². The van der Waals surface area contributed by atoms with Crippen LogP contribution in [0.5, 0.6) is 11.5 Å². The molecule has 44 heavy (non-hydrogen) atoms. The quantitative estimate of drug-likeness (QED) is 0.0904. The molecule has 0 atom stereocenters. The number of benzene rings is 6. The topological polar surface area (TPSA) is 68.2 Å². The van der Waals surface area contributed by atoms with Crippen LogP contribution < -0.4 is 9.47 Å². The summed E-state index contributed by atoms with van der Waals surface area (Å²) in [6, 6.07) is 42.1. The summed E-state index contributed by atoms with van der Waals surface area (Å²) in [6.07, 6.45) is 0. The summed E-state index contributed by atoms with van der Waals surface area (Å²) in [5.41, 5.74) is 5.93. The third-order valence-electron chi connectivity index (χ3n) is 8.30. The van der Waals surface area contributed by atoms with E-state index in [0.717, 1.165) is 55.7 Å². The lowest BCUT2D eigenvalue weighted by atomic mass is 9.76. The monoisotopic (exact) mass is 584 g/mol. The molecule has 0 bridgehead atoms. The largest absolute Gasteiger partial charge is 0.491 e. The molecule has 6 rings (SSSR count). The molecule has 0 amide bonds. The van der Waals surface area contributed by atoms with E-state index in [9.17, 15) is 5.11 Å². The van der Waals surface area contributed by atoms with Gasteiger partial charge in [-0.3, -0.25) is 5.26 Å². The number of hydrogen-bond donors (Lipinski definition) is 2. The molecule has 5 heteroatoms. The lowest BCUT2D eigenvalue weighted by Crippen LogP contribution is -2.19. The first-order valence-electron chi connectivity index (χ1n) is 14.9. The number of hydrogen-bond acceptors (Lipinski definition) is 5. The van der Waals surface area contributed by atoms with Gasteiger partial charge in [0.05, 0.1) is 6.61 Å². The first-order chi connectivity index (χ1) is 21.5. The summed E-state index contributed by atoms with van der Waals surface area (Å²) in [4.78, 5) is 4.26. The van der Waals surface area contributed by atoms with Crippen LogP contribution in [-0.2, 0) is 10.3 Å². The molecular formula is C39H36O5. The van der Waals surface area contributed by atoms with E-state index in [1.54, 1.807) is 0 Å². The molecule has 0 aliphatic carbocycles. The van der Waals surface area contributed by atoms with Crippen molar-refractivity contribution < 1.29 is 24.7 Å². The van der Waals surface area contributed by atoms with Gasteiger partial charge in [0, 0.05) is 16.5 Å². The Hall–Kier alpha value is -4.68. The fraction of sp³-hybridized carbons (Fsp3) is 0.179. The maximum absolute atomic E-state index is 9.48. The summed E-state index contributed by atoms with van der Waals surface area (Å²) in [5.74, 6) is 1.46. The summed E-state index contributed by atoms with van der Waals surface area (Å²) < 4.78 is 12.1. The molecule has 0 heterocycles. The van der Waals surface area contributed by atoms with Gasteiger partial charge in [-0.05, 0) is 80.2 Å². The second kappa shape index (κ2) is 12.9. The van der Waals surface area contributed by atoms with E-state index in [-0.39, 0.29) is 31.8 Å². The van der Waals surface area contributed by atoms with Gasteiger partial charge in [0.25, 0.3) is 0 Å². The minimum Gasteiger partial charge on any atom is -0.491 e. The zero-order chi connectivity index (χ0) is 30.5. The molecule has 5 nitrogen and oxygen atoms in total. The third-order valence-corrected chi connectivity index (χ3v) is 8.30. The highest BCUT2D eigenvalue weighted by atomic mass is 17.1. The Morgan fingerprint density at radius 3 is 1.48 bits per heavy atom. The Bertz CT molecular complexity index is 1910. The van der Waals surface area contributed by atoms with Crippen molar-refractivity contribution >= 4 is 21.5 Å². The predicted molar refractivity (Wildman–Crippen MR) is 178 cm³/mol. The maximum atomic E-state index is 9.48. The lowest BCUT2D eigenvalue weighted by molar-refractivity contribution is -0.245. The molecule has 222 valence electrons. The SMILES string of the molecule is CC(C)(c1ccc(OCCO)c(-c2ccc3ccccc3c2)c1)c1ccc(OCCOO)c(-c2ccc3ccccc3c2)c1. The zero-order valence-electron chi connectivity index (χ0n) is 25.0. The summed E-state index contributed by atoms with van der Waals surface area (Å²) in [7, 11) is 0. The van der Waals surface area contributed by atoms with Gasteiger partial charge in [-0.2, -0.15) is 0 Å². The number of fused-ring (bicyclic) bond motifs is 2. The highest BCUT2D eigenvalue weighted by Gasteiger charge is 2.26. The first-order valence-corrected chi connectivity index (χ1v) is 14.9. The minimum atomic E-state index is -0.376. The predicted octanol–water partition coefficient (Wildman–Crippen LogP) is 8.89. The van der Waals surface area contributed by atoms with Crippen LogP contribution in [0.15, 0.2) is 121 Å². The van der Waals surface area contributed by atoms with Crippen molar-refractivity contribution in [3.05, 3.63) is 132 Å². The fourth-order valence-corrected chi connectivity index (χ4v) is 5.77. The maximum Gasteiger partial charge on any atom is 0.127 e. The highest BCUT2D eigenvalue weighted by molar-refractivity contribution is 5.89. The molecule has 0 aliphatic rings. The van der Waals surface area contributed by atoms with E-state index in [0.29, 0.717) is 0 Å². The molecule has 6 aromatic rings. The standard InChI is InChI=1S/C39H36O5/c1-39(2,33-15-17-37(42-20-19-40)35(25-33)31-13-11-27-7-3-5-9-29(27)23-31)34-16-18-38(43-21-22-44-41)36(26-34)32-14-12-28-8-4-6-10-30(28)24-32/h3-18,23-26,40-41H,19-22H2,1-2H3. The van der Waals surface area contributed by atoms with Gasteiger partial charge in [-0.15, -0.1) is 0 Å². The smallest absolute Gasteiger partial charge is 0.127 e. The van der Waals surface area contributed by atoms with Crippen LogP contribution in [0, 0.1) is 0 Å². The molecule has 0 aromatic heterocycles. The number of aliphatic hydroxyl groups is 1. The van der Waals surface area contributed by atoms with Gasteiger partial charge in [-0.1, -0.05) is 98.8 Å². The first kappa shape index (κ1) is 29.4. The molecule has 0 spiro atoms. The summed E-state index contributed by atoms with van der Waals surface area (Å²) >= 11 is 0. The number of rotatable bonds is 11. The zero-order valence-corrected chi connectivity index (χ0v) is 25.0. The van der Waals surface area contributed by atoms with Crippen LogP contribution in [-0.4, -0.2) is 36.8 Å². The molecular weight excluding hydrogens is 548 g/mol. The van der Waals surface area contributed by atoms with Gasteiger partial charge in [-0.25, -0.2) is 4.89 Å². The molecule has 0 fully saturated rings. The average Bonchev–Trinajstić information content (AvgIpc) is 3.07. The van der Waals surface area contributed by atoms with Gasteiger partial charge < -0.3 is 14.6 Å². The van der Waals surface area contributed by atoms with E-state index < -0.39 is 0 Å². The van der Waals surface area contributed by atoms with E-state index in [4.69, 9.17) is 14.7 Å². The van der Waals surface area contributed by atoms with Crippen LogP contribution in [0.3, 0.4) is 0 Å². The van der Waals surface area contributed by atoms with Crippen molar-refractivity contribution in [2.45, 2.75) is 19.3 Å².